The first-order chi connectivity index (χ1) is 13.0. The second kappa shape index (κ2) is 11.9. The van der Waals surface area contributed by atoms with Crippen molar-refractivity contribution in [2.75, 3.05) is 7.11 Å². The molecule has 0 unspecified atom stereocenters. The van der Waals surface area contributed by atoms with Crippen molar-refractivity contribution in [3.63, 3.8) is 0 Å². The Kier molecular flexibility index (Phi) is 9.96. The number of unbranched alkanes of at least 4 members (excludes halogenated alkanes) is 2. The first-order valence-electron chi connectivity index (χ1n) is 10.6. The van der Waals surface area contributed by atoms with Gasteiger partial charge in [0.1, 0.15) is 0 Å². The molecule has 2 N–H and O–H groups in total. The molecule has 2 aliphatic rings. The number of aliphatic hydroxyl groups is 2. The van der Waals surface area contributed by atoms with E-state index >= 15 is 0 Å². The van der Waals surface area contributed by atoms with Gasteiger partial charge in [0, 0.05) is 17.7 Å². The van der Waals surface area contributed by atoms with Gasteiger partial charge in [0.15, 0.2) is 0 Å². The van der Waals surface area contributed by atoms with E-state index in [0.29, 0.717) is 24.7 Å². The number of halogens is 1. The Morgan fingerprint density at radius 3 is 2.63 bits per heavy atom. The van der Waals surface area contributed by atoms with Crippen LogP contribution in [0.4, 0.5) is 0 Å². The van der Waals surface area contributed by atoms with Gasteiger partial charge >= 0.3 is 5.97 Å². The van der Waals surface area contributed by atoms with Crippen LogP contribution in [-0.4, -0.2) is 40.9 Å². The minimum atomic E-state index is -0.494. The Labute approximate surface area is 169 Å². The van der Waals surface area contributed by atoms with Gasteiger partial charge in [0.25, 0.3) is 0 Å². The van der Waals surface area contributed by atoms with E-state index < -0.39 is 5.97 Å². The van der Waals surface area contributed by atoms with Gasteiger partial charge in [-0.3, -0.25) is 0 Å². The molecule has 0 amide bonds. The van der Waals surface area contributed by atoms with E-state index in [0.717, 1.165) is 44.9 Å². The number of alkyl halides is 1. The summed E-state index contributed by atoms with van der Waals surface area (Å²) in [5.41, 5.74) is 0. The highest BCUT2D eigenvalue weighted by molar-refractivity contribution is 6.21. The summed E-state index contributed by atoms with van der Waals surface area (Å²) in [6, 6.07) is 0. The van der Waals surface area contributed by atoms with Crippen LogP contribution in [0.3, 0.4) is 0 Å². The molecule has 27 heavy (non-hydrogen) atoms. The van der Waals surface area contributed by atoms with E-state index in [1.165, 1.54) is 26.4 Å². The lowest BCUT2D eigenvalue weighted by Crippen LogP contribution is -2.27. The number of hydrogen-bond acceptors (Lipinski definition) is 4. The first kappa shape index (κ1) is 22.5. The largest absolute Gasteiger partial charge is 0.459 e. The third-order valence-corrected chi connectivity index (χ3v) is 6.93. The van der Waals surface area contributed by atoms with Gasteiger partial charge in [0.2, 0.25) is 0 Å². The van der Waals surface area contributed by atoms with Crippen LogP contribution in [0.25, 0.3) is 0 Å². The second-order valence-electron chi connectivity index (χ2n) is 8.23. The van der Waals surface area contributed by atoms with Crippen molar-refractivity contribution >= 4 is 17.6 Å². The zero-order valence-electron chi connectivity index (χ0n) is 16.5. The normalized spacial score (nSPS) is 29.8. The Morgan fingerprint density at radius 1 is 1.19 bits per heavy atom. The lowest BCUT2D eigenvalue weighted by atomic mass is 9.80. The van der Waals surface area contributed by atoms with Crippen LogP contribution >= 0.6 is 11.6 Å². The predicted molar refractivity (Wildman–Crippen MR) is 107 cm³/mol. The van der Waals surface area contributed by atoms with Crippen molar-refractivity contribution in [1.82, 2.24) is 0 Å². The van der Waals surface area contributed by atoms with Gasteiger partial charge in [-0.2, -0.15) is 0 Å². The SMILES string of the molecule is COC(=O)C#CCCCC[C@@H]1[C@@H](CC[C@@H](O)C2CCCCC2)[C@H](O)C[C@H]1Cl. The van der Waals surface area contributed by atoms with Crippen molar-refractivity contribution in [2.24, 2.45) is 17.8 Å². The number of ether oxygens (including phenoxy) is 1. The Balaban J connectivity index is 1.74. The molecule has 5 heteroatoms. The van der Waals surface area contributed by atoms with Crippen molar-refractivity contribution in [3.8, 4) is 11.8 Å². The van der Waals surface area contributed by atoms with Gasteiger partial charge in [-0.05, 0) is 62.7 Å². The molecule has 0 aromatic heterocycles. The monoisotopic (exact) mass is 398 g/mol. The van der Waals surface area contributed by atoms with E-state index in [9.17, 15) is 15.0 Å². The molecule has 154 valence electrons. The van der Waals surface area contributed by atoms with Crippen LogP contribution in [0.1, 0.15) is 77.0 Å². The Bertz CT molecular complexity index is 506. The quantitative estimate of drug-likeness (QED) is 0.213. The minimum Gasteiger partial charge on any atom is -0.459 e. The summed E-state index contributed by atoms with van der Waals surface area (Å²) in [6.45, 7) is 0. The van der Waals surface area contributed by atoms with E-state index in [1.807, 2.05) is 0 Å². The average molecular weight is 399 g/mol. The molecule has 0 aromatic rings. The number of carbonyl (C=O) groups excluding carboxylic acids is 1. The third kappa shape index (κ3) is 7.29. The molecule has 0 heterocycles. The van der Waals surface area contributed by atoms with Crippen LogP contribution in [0.2, 0.25) is 0 Å². The summed E-state index contributed by atoms with van der Waals surface area (Å²) in [5.74, 6) is 5.71. The highest BCUT2D eigenvalue weighted by Gasteiger charge is 2.41. The fourth-order valence-corrected chi connectivity index (χ4v) is 5.33. The number of esters is 1. The maximum Gasteiger partial charge on any atom is 0.384 e. The molecule has 2 saturated carbocycles. The molecule has 0 saturated heterocycles. The minimum absolute atomic E-state index is 0.0120. The first-order valence-corrected chi connectivity index (χ1v) is 11.0. The van der Waals surface area contributed by atoms with Gasteiger partial charge < -0.3 is 14.9 Å². The number of methoxy groups -OCH3 is 1. The molecule has 5 atom stereocenters. The van der Waals surface area contributed by atoms with Gasteiger partial charge in [0.05, 0.1) is 19.3 Å². The summed E-state index contributed by atoms with van der Waals surface area (Å²) in [6.07, 6.45) is 11.3. The second-order valence-corrected chi connectivity index (χ2v) is 8.79. The number of rotatable bonds is 8. The molecule has 0 spiro atoms. The summed E-state index contributed by atoms with van der Waals surface area (Å²) in [4.78, 5) is 11.0. The predicted octanol–water partition coefficient (Wildman–Crippen LogP) is 4.05. The van der Waals surface area contributed by atoms with Gasteiger partial charge in [-0.1, -0.05) is 31.6 Å². The van der Waals surface area contributed by atoms with Crippen LogP contribution in [0, 0.1) is 29.6 Å². The fourth-order valence-electron chi connectivity index (χ4n) is 4.83. The molecule has 2 fully saturated rings. The van der Waals surface area contributed by atoms with E-state index in [2.05, 4.69) is 16.6 Å². The van der Waals surface area contributed by atoms with E-state index in [1.54, 1.807) is 0 Å². The van der Waals surface area contributed by atoms with Crippen molar-refractivity contribution in [1.29, 1.82) is 0 Å². The smallest absolute Gasteiger partial charge is 0.384 e. The van der Waals surface area contributed by atoms with Crippen LogP contribution < -0.4 is 0 Å². The van der Waals surface area contributed by atoms with Crippen LogP contribution in [0.5, 0.6) is 0 Å². The van der Waals surface area contributed by atoms with Crippen molar-refractivity contribution < 1.29 is 19.7 Å². The highest BCUT2D eigenvalue weighted by atomic mass is 35.5. The Morgan fingerprint density at radius 2 is 1.93 bits per heavy atom. The van der Waals surface area contributed by atoms with E-state index in [4.69, 9.17) is 11.6 Å². The molecule has 0 aliphatic heterocycles. The molecular formula is C22H35ClO4. The maximum atomic E-state index is 11.0. The average Bonchev–Trinajstić information content (AvgIpc) is 2.95. The van der Waals surface area contributed by atoms with Gasteiger partial charge in [-0.15, -0.1) is 11.6 Å². The number of carbonyl (C=O) groups is 1. The Hall–Kier alpha value is -0.760. The zero-order valence-corrected chi connectivity index (χ0v) is 17.3. The zero-order chi connectivity index (χ0) is 19.6. The van der Waals surface area contributed by atoms with Crippen molar-refractivity contribution in [2.45, 2.75) is 94.6 Å². The summed E-state index contributed by atoms with van der Waals surface area (Å²) < 4.78 is 4.49. The topological polar surface area (TPSA) is 66.8 Å². The third-order valence-electron chi connectivity index (χ3n) is 6.43. The highest BCUT2D eigenvalue weighted by Crippen LogP contribution is 2.42. The molecule has 2 aliphatic carbocycles. The molecule has 0 radical (unpaired) electrons. The molecule has 4 nitrogen and oxygen atoms in total. The summed E-state index contributed by atoms with van der Waals surface area (Å²) in [7, 11) is 1.33. The molecule has 2 rings (SSSR count). The summed E-state index contributed by atoms with van der Waals surface area (Å²) in [5, 5.41) is 21.0. The lowest BCUT2D eigenvalue weighted by Gasteiger charge is -2.29. The maximum absolute atomic E-state index is 11.0. The molecular weight excluding hydrogens is 364 g/mol. The van der Waals surface area contributed by atoms with Gasteiger partial charge in [-0.25, -0.2) is 4.79 Å². The standard InChI is InChI=1S/C22H35ClO4/c1-27-22(26)12-8-3-2-7-11-17-18(21(25)15-19(17)23)13-14-20(24)16-9-5-4-6-10-16/h16-21,24-25H,2-7,9-11,13-15H2,1H3/t17-,18-,19-,20-,21-/m1/s1. The lowest BCUT2D eigenvalue weighted by molar-refractivity contribution is -0.133. The van der Waals surface area contributed by atoms with Crippen LogP contribution in [0.15, 0.2) is 0 Å². The number of aliphatic hydroxyl groups excluding tert-OH is 2. The molecule has 0 bridgehead atoms. The van der Waals surface area contributed by atoms with E-state index in [-0.39, 0.29) is 23.5 Å². The number of hydrogen-bond donors (Lipinski definition) is 2. The van der Waals surface area contributed by atoms with Crippen molar-refractivity contribution in [3.05, 3.63) is 0 Å². The fraction of sp³-hybridized carbons (Fsp3) is 0.864. The molecule has 0 aromatic carbocycles. The van der Waals surface area contributed by atoms with Crippen LogP contribution in [-0.2, 0) is 9.53 Å². The summed E-state index contributed by atoms with van der Waals surface area (Å²) >= 11 is 6.52.